The summed E-state index contributed by atoms with van der Waals surface area (Å²) in [5.74, 6) is 0.0708. The molecule has 0 aliphatic carbocycles. The molecule has 0 radical (unpaired) electrons. The lowest BCUT2D eigenvalue weighted by atomic mass is 10.2. The second-order valence-corrected chi connectivity index (χ2v) is 14.8. The van der Waals surface area contributed by atoms with Gasteiger partial charge in [0.25, 0.3) is 0 Å². The van der Waals surface area contributed by atoms with Crippen molar-refractivity contribution in [1.82, 2.24) is 19.8 Å². The Morgan fingerprint density at radius 2 is 1.46 bits per heavy atom. The smallest absolute Gasteiger partial charge is 0.281 e. The van der Waals surface area contributed by atoms with Crippen molar-refractivity contribution in [3.05, 3.63) is 22.8 Å². The fourth-order valence-corrected chi connectivity index (χ4v) is 10.1. The third-order valence-corrected chi connectivity index (χ3v) is 11.8. The Morgan fingerprint density at radius 1 is 0.971 bits per heavy atom. The highest BCUT2D eigenvalue weighted by Gasteiger charge is 2.44. The van der Waals surface area contributed by atoms with Gasteiger partial charge in [-0.25, -0.2) is 9.73 Å². The van der Waals surface area contributed by atoms with E-state index in [2.05, 4.69) is 45.9 Å². The number of halogens is 4. The summed E-state index contributed by atoms with van der Waals surface area (Å²) in [5.41, 5.74) is 4.77. The molecule has 2 aliphatic rings. The molecule has 3 heterocycles. The summed E-state index contributed by atoms with van der Waals surface area (Å²) in [4.78, 5) is 3.83. The number of thiocarbonyl (C=S) groups is 1. The number of nitrogens with one attached hydrogen (secondary N) is 2. The van der Waals surface area contributed by atoms with Gasteiger partial charge in [-0.1, -0.05) is 58.1 Å². The molecule has 0 amide bonds. The van der Waals surface area contributed by atoms with Crippen LogP contribution >= 0.6 is 31.2 Å². The molecule has 1 aromatic rings. The average molecular weight is 553 g/mol. The highest BCUT2D eigenvalue weighted by atomic mass is 35.5. The Labute approximate surface area is 217 Å². The van der Waals surface area contributed by atoms with Gasteiger partial charge in [-0.15, -0.1) is 0 Å². The number of hydrogen-bond acceptors (Lipinski definition) is 3. The lowest BCUT2D eigenvalue weighted by Gasteiger charge is -2.50. The first-order chi connectivity index (χ1) is 16.4. The minimum absolute atomic E-state index is 0.0708. The quantitative estimate of drug-likeness (QED) is 0.229. The first-order valence-corrected chi connectivity index (χ1v) is 14.8. The van der Waals surface area contributed by atoms with E-state index >= 15 is 0 Å². The number of hydrogen-bond donors (Lipinski definition) is 2. The van der Waals surface area contributed by atoms with Crippen molar-refractivity contribution in [3.8, 4) is 0 Å². The van der Waals surface area contributed by atoms with Crippen LogP contribution in [0.5, 0.6) is 0 Å². The highest BCUT2D eigenvalue weighted by Crippen LogP contribution is 2.66. The van der Waals surface area contributed by atoms with Crippen LogP contribution in [0.3, 0.4) is 0 Å². The highest BCUT2D eigenvalue weighted by molar-refractivity contribution is 7.81. The van der Waals surface area contributed by atoms with Gasteiger partial charge in [0.2, 0.25) is 5.11 Å². The molecule has 3 rings (SSSR count). The molecular formula is C23H37ClF3N6PS. The van der Waals surface area contributed by atoms with E-state index in [-0.39, 0.29) is 21.1 Å². The minimum Gasteiger partial charge on any atom is -0.281 e. The van der Waals surface area contributed by atoms with Crippen LogP contribution in [-0.4, -0.2) is 50.8 Å². The first kappa shape index (κ1) is 28.6. The molecule has 1 aromatic heterocycles. The van der Waals surface area contributed by atoms with Gasteiger partial charge in [0.1, 0.15) is 7.36 Å². The summed E-state index contributed by atoms with van der Waals surface area (Å²) in [6.07, 6.45) is 5.71. The Morgan fingerprint density at radius 3 is 1.86 bits per heavy atom. The zero-order chi connectivity index (χ0) is 25.7. The lowest BCUT2D eigenvalue weighted by Crippen LogP contribution is -2.42. The summed E-state index contributed by atoms with van der Waals surface area (Å²) in [6, 6.07) is 0.847. The summed E-state index contributed by atoms with van der Waals surface area (Å²) >= 11 is 11.7. The fraction of sp³-hybridized carbons (Fsp3) is 0.739. The third kappa shape index (κ3) is 7.10. The maximum Gasteiger partial charge on any atom is 0.417 e. The van der Waals surface area contributed by atoms with Crippen molar-refractivity contribution >= 4 is 42.1 Å². The molecule has 2 aliphatic heterocycles. The number of hydrazine groups is 1. The second kappa shape index (κ2) is 12.1. The number of anilines is 1. The third-order valence-electron chi connectivity index (χ3n) is 6.54. The monoisotopic (exact) mass is 552 g/mol. The zero-order valence-corrected chi connectivity index (χ0v) is 23.3. The summed E-state index contributed by atoms with van der Waals surface area (Å²) in [6.45, 7) is 10.7. The minimum atomic E-state index is -4.51. The Balaban J connectivity index is 1.93. The lowest BCUT2D eigenvalue weighted by molar-refractivity contribution is -0.137. The van der Waals surface area contributed by atoms with Crippen LogP contribution in [0.25, 0.3) is 0 Å². The molecule has 12 heteroatoms. The van der Waals surface area contributed by atoms with Crippen LogP contribution in [0.4, 0.5) is 19.0 Å². The fourth-order valence-electron chi connectivity index (χ4n) is 4.92. The van der Waals surface area contributed by atoms with Gasteiger partial charge in [0.05, 0.1) is 10.6 Å². The van der Waals surface area contributed by atoms with E-state index in [4.69, 9.17) is 28.6 Å². The molecule has 0 spiro atoms. The van der Waals surface area contributed by atoms with Crippen LogP contribution in [0, 0.1) is 0 Å². The van der Waals surface area contributed by atoms with E-state index in [1.54, 1.807) is 0 Å². The predicted octanol–water partition coefficient (Wildman–Crippen LogP) is 7.54. The van der Waals surface area contributed by atoms with Gasteiger partial charge in [-0.3, -0.25) is 20.2 Å². The maximum absolute atomic E-state index is 12.9. The van der Waals surface area contributed by atoms with Gasteiger partial charge in [0, 0.05) is 37.5 Å². The van der Waals surface area contributed by atoms with Crippen molar-refractivity contribution in [2.45, 2.75) is 83.5 Å². The van der Waals surface area contributed by atoms with Crippen LogP contribution in [0.2, 0.25) is 5.02 Å². The SMILES string of the molecule is CC(C)(C)P(=NC(=S)NNc1ncc(C(F)(F)F)cc1Cl)(N1CCCCCC1)N1CCCCCC1. The van der Waals surface area contributed by atoms with E-state index in [1.165, 1.54) is 25.7 Å². The molecule has 0 saturated carbocycles. The van der Waals surface area contributed by atoms with Gasteiger partial charge >= 0.3 is 6.18 Å². The van der Waals surface area contributed by atoms with Crippen molar-refractivity contribution < 1.29 is 13.2 Å². The van der Waals surface area contributed by atoms with Crippen LogP contribution in [-0.2, 0) is 6.18 Å². The molecular weight excluding hydrogens is 516 g/mol. The molecule has 198 valence electrons. The molecule has 35 heavy (non-hydrogen) atoms. The molecule has 0 atom stereocenters. The van der Waals surface area contributed by atoms with Crippen LogP contribution < -0.4 is 10.9 Å². The van der Waals surface area contributed by atoms with E-state index in [0.717, 1.165) is 64.1 Å². The van der Waals surface area contributed by atoms with E-state index in [9.17, 15) is 13.2 Å². The van der Waals surface area contributed by atoms with Crippen LogP contribution in [0.15, 0.2) is 17.0 Å². The zero-order valence-electron chi connectivity index (χ0n) is 20.8. The Kier molecular flexibility index (Phi) is 9.88. The van der Waals surface area contributed by atoms with Gasteiger partial charge in [-0.2, -0.15) is 13.2 Å². The van der Waals surface area contributed by atoms with Crippen molar-refractivity contribution in [1.29, 1.82) is 0 Å². The average Bonchev–Trinajstić information content (AvgIpc) is 3.21. The van der Waals surface area contributed by atoms with Gasteiger partial charge < -0.3 is 0 Å². The predicted molar refractivity (Wildman–Crippen MR) is 143 cm³/mol. The number of alkyl halides is 3. The summed E-state index contributed by atoms with van der Waals surface area (Å²) in [5, 5.41) is -0.0240. The van der Waals surface area contributed by atoms with E-state index in [0.29, 0.717) is 0 Å². The normalized spacial score (nSPS) is 19.5. The van der Waals surface area contributed by atoms with E-state index in [1.807, 2.05) is 0 Å². The molecule has 0 unspecified atom stereocenters. The van der Waals surface area contributed by atoms with Gasteiger partial charge in [-0.05, 0) is 44.0 Å². The largest absolute Gasteiger partial charge is 0.417 e. The standard InChI is InChI=1S/C23H37ClF3N6PS/c1-22(2,3)34(32-12-8-4-5-9-13-32,33-14-10-6-7-11-15-33)31-21(35)30-29-20-19(24)16-18(17-28-20)23(25,26)27/h16-17H,4-15H2,1-3H3,(H,28,29)(H,30,35). The number of pyridine rings is 1. The maximum atomic E-state index is 12.9. The summed E-state index contributed by atoms with van der Waals surface area (Å²) in [7, 11) is -2.26. The number of rotatable bonds is 4. The molecule has 0 bridgehead atoms. The van der Waals surface area contributed by atoms with Crippen LogP contribution in [0.1, 0.15) is 77.7 Å². The Hall–Kier alpha value is -0.930. The van der Waals surface area contributed by atoms with Crippen molar-refractivity contribution in [3.63, 3.8) is 0 Å². The molecule has 6 nitrogen and oxygen atoms in total. The molecule has 2 saturated heterocycles. The first-order valence-electron chi connectivity index (χ1n) is 12.4. The summed E-state index contributed by atoms with van der Waals surface area (Å²) < 4.78 is 49.3. The molecule has 2 fully saturated rings. The number of nitrogens with zero attached hydrogens (tertiary/aromatic N) is 4. The Bertz CT molecular complexity index is 897. The van der Waals surface area contributed by atoms with Gasteiger partial charge in [0.15, 0.2) is 5.82 Å². The van der Waals surface area contributed by atoms with Crippen molar-refractivity contribution in [2.75, 3.05) is 31.6 Å². The van der Waals surface area contributed by atoms with Crippen molar-refractivity contribution in [2.24, 2.45) is 4.74 Å². The second-order valence-electron chi connectivity index (χ2n) is 10.2. The number of aromatic nitrogens is 1. The molecule has 0 aromatic carbocycles. The molecule has 2 N–H and O–H groups in total. The van der Waals surface area contributed by atoms with E-state index < -0.39 is 19.1 Å². The topological polar surface area (TPSA) is 55.8 Å².